The number of nitrogens with zero attached hydrogens (tertiary/aromatic N) is 2. The van der Waals surface area contributed by atoms with Crippen LogP contribution in [0.4, 0.5) is 0 Å². The average molecular weight is 138 g/mol. The molecule has 0 saturated carbocycles. The maximum atomic E-state index is 10.8. The quantitative estimate of drug-likeness (QED) is 0.410. The van der Waals surface area contributed by atoms with Crippen molar-refractivity contribution < 1.29 is 9.59 Å². The van der Waals surface area contributed by atoms with Gasteiger partial charge in [0.05, 0.1) is 12.6 Å². The number of nitriles is 1. The van der Waals surface area contributed by atoms with E-state index in [2.05, 4.69) is 0 Å². The van der Waals surface area contributed by atoms with Crippen LogP contribution in [0.5, 0.6) is 0 Å². The van der Waals surface area contributed by atoms with Gasteiger partial charge in [0.25, 0.3) is 0 Å². The average Bonchev–Trinajstić information content (AvgIpc) is 2.09. The number of ketones is 1. The second-order valence-electron chi connectivity index (χ2n) is 2.22. The third-order valence-electron chi connectivity index (χ3n) is 1.47. The summed E-state index contributed by atoms with van der Waals surface area (Å²) in [5.74, 6) is -1.72. The summed E-state index contributed by atoms with van der Waals surface area (Å²) in [5, 5.41) is 8.31. The van der Waals surface area contributed by atoms with Gasteiger partial charge in [-0.15, -0.1) is 0 Å². The second-order valence-corrected chi connectivity index (χ2v) is 2.22. The van der Waals surface area contributed by atoms with Crippen molar-refractivity contribution in [2.75, 3.05) is 13.6 Å². The molecule has 1 atom stereocenters. The Morgan fingerprint density at radius 2 is 2.30 bits per heavy atom. The number of carbonyl (C=O) groups is 2. The monoisotopic (exact) mass is 138 g/mol. The Kier molecular flexibility index (Phi) is 1.42. The number of hydrogen-bond acceptors (Lipinski definition) is 3. The molecule has 0 aromatic rings. The third kappa shape index (κ3) is 0.760. The molecule has 1 unspecified atom stereocenters. The fourth-order valence-corrected chi connectivity index (χ4v) is 0.888. The van der Waals surface area contributed by atoms with Crippen molar-refractivity contribution in [3.8, 4) is 6.07 Å². The lowest BCUT2D eigenvalue weighted by molar-refractivity contribution is -0.129. The van der Waals surface area contributed by atoms with Crippen LogP contribution in [0.3, 0.4) is 0 Å². The lowest BCUT2D eigenvalue weighted by Crippen LogP contribution is -2.21. The van der Waals surface area contributed by atoms with E-state index in [4.69, 9.17) is 5.26 Å². The zero-order chi connectivity index (χ0) is 7.72. The van der Waals surface area contributed by atoms with Crippen LogP contribution in [-0.2, 0) is 9.59 Å². The molecule has 0 spiro atoms. The minimum Gasteiger partial charge on any atom is -0.337 e. The molecule has 0 aromatic carbocycles. The van der Waals surface area contributed by atoms with E-state index in [0.29, 0.717) is 0 Å². The molecule has 52 valence electrons. The molecule has 0 aromatic heterocycles. The van der Waals surface area contributed by atoms with Gasteiger partial charge in [-0.3, -0.25) is 9.59 Å². The van der Waals surface area contributed by atoms with E-state index in [1.807, 2.05) is 0 Å². The molecule has 10 heavy (non-hydrogen) atoms. The Hall–Kier alpha value is -1.37. The van der Waals surface area contributed by atoms with E-state index in [0.717, 1.165) is 0 Å². The van der Waals surface area contributed by atoms with Gasteiger partial charge in [-0.1, -0.05) is 0 Å². The van der Waals surface area contributed by atoms with Crippen LogP contribution in [0.1, 0.15) is 0 Å². The molecule has 0 bridgehead atoms. The first-order valence-electron chi connectivity index (χ1n) is 2.84. The van der Waals surface area contributed by atoms with Gasteiger partial charge >= 0.3 is 0 Å². The van der Waals surface area contributed by atoms with Crippen molar-refractivity contribution in [2.24, 2.45) is 5.92 Å². The Bertz CT molecular complexity index is 228. The summed E-state index contributed by atoms with van der Waals surface area (Å²) in [5.41, 5.74) is 0. The number of rotatable bonds is 0. The SMILES string of the molecule is CN1CC(=O)C(C#N)C1=O. The molecule has 4 heteroatoms. The lowest BCUT2D eigenvalue weighted by atomic mass is 10.1. The Morgan fingerprint density at radius 1 is 1.70 bits per heavy atom. The highest BCUT2D eigenvalue weighted by Gasteiger charge is 2.36. The molecule has 1 rings (SSSR count). The van der Waals surface area contributed by atoms with Crippen LogP contribution < -0.4 is 0 Å². The summed E-state index contributed by atoms with van der Waals surface area (Å²) in [6.45, 7) is 0.0804. The summed E-state index contributed by atoms with van der Waals surface area (Å²) in [7, 11) is 1.51. The standard InChI is InChI=1S/C6H6N2O2/c1-8-3-5(9)4(2-7)6(8)10/h4H,3H2,1H3. The van der Waals surface area contributed by atoms with E-state index in [1.165, 1.54) is 11.9 Å². The summed E-state index contributed by atoms with van der Waals surface area (Å²) in [4.78, 5) is 22.8. The summed E-state index contributed by atoms with van der Waals surface area (Å²) >= 11 is 0. The van der Waals surface area contributed by atoms with E-state index in [1.54, 1.807) is 6.07 Å². The van der Waals surface area contributed by atoms with Crippen LogP contribution in [-0.4, -0.2) is 30.2 Å². The topological polar surface area (TPSA) is 61.2 Å². The van der Waals surface area contributed by atoms with Gasteiger partial charge in [0.1, 0.15) is 0 Å². The molecule has 0 radical (unpaired) electrons. The van der Waals surface area contributed by atoms with Crippen LogP contribution in [0.25, 0.3) is 0 Å². The third-order valence-corrected chi connectivity index (χ3v) is 1.47. The van der Waals surface area contributed by atoms with E-state index >= 15 is 0 Å². The van der Waals surface area contributed by atoms with Gasteiger partial charge in [-0.05, 0) is 0 Å². The molecule has 0 aliphatic carbocycles. The summed E-state index contributed by atoms with van der Waals surface area (Å²) in [6.07, 6.45) is 0. The Morgan fingerprint density at radius 3 is 2.50 bits per heavy atom. The number of likely N-dealkylation sites (tertiary alicyclic amines) is 1. The normalized spacial score (nSPS) is 25.2. The number of Topliss-reactive ketones (excluding diaryl/α,β-unsaturated/α-hetero) is 1. The molecule has 0 N–H and O–H groups in total. The fourth-order valence-electron chi connectivity index (χ4n) is 0.888. The van der Waals surface area contributed by atoms with Gasteiger partial charge in [-0.25, -0.2) is 0 Å². The highest BCUT2D eigenvalue weighted by atomic mass is 16.2. The number of likely N-dealkylation sites (N-methyl/N-ethyl adjacent to an activating group) is 1. The zero-order valence-electron chi connectivity index (χ0n) is 5.50. The van der Waals surface area contributed by atoms with Crippen LogP contribution in [0.2, 0.25) is 0 Å². The number of carbonyl (C=O) groups excluding carboxylic acids is 2. The van der Waals surface area contributed by atoms with Gasteiger partial charge < -0.3 is 4.90 Å². The van der Waals surface area contributed by atoms with Crippen molar-refractivity contribution in [1.29, 1.82) is 5.26 Å². The maximum Gasteiger partial charge on any atom is 0.247 e. The molecule has 1 heterocycles. The van der Waals surface area contributed by atoms with Gasteiger partial charge in [-0.2, -0.15) is 5.26 Å². The second kappa shape index (κ2) is 2.10. The number of amides is 1. The van der Waals surface area contributed by atoms with Crippen molar-refractivity contribution in [1.82, 2.24) is 4.90 Å². The largest absolute Gasteiger partial charge is 0.337 e. The fraction of sp³-hybridized carbons (Fsp3) is 0.500. The van der Waals surface area contributed by atoms with Crippen molar-refractivity contribution >= 4 is 11.7 Å². The first kappa shape index (κ1) is 6.75. The van der Waals surface area contributed by atoms with Gasteiger partial charge in [0.15, 0.2) is 11.7 Å². The molecule has 1 amide bonds. The Balaban J connectivity index is 2.87. The van der Waals surface area contributed by atoms with Crippen LogP contribution in [0.15, 0.2) is 0 Å². The smallest absolute Gasteiger partial charge is 0.247 e. The first-order valence-corrected chi connectivity index (χ1v) is 2.84. The van der Waals surface area contributed by atoms with Crippen LogP contribution in [0, 0.1) is 17.2 Å². The highest BCUT2D eigenvalue weighted by molar-refractivity contribution is 6.10. The van der Waals surface area contributed by atoms with Gasteiger partial charge in [0.2, 0.25) is 5.91 Å². The lowest BCUT2D eigenvalue weighted by Gasteiger charge is -2.02. The molecule has 1 fully saturated rings. The summed E-state index contributed by atoms with van der Waals surface area (Å²) in [6, 6.07) is 1.65. The van der Waals surface area contributed by atoms with E-state index in [-0.39, 0.29) is 18.2 Å². The highest BCUT2D eigenvalue weighted by Crippen LogP contribution is 2.10. The summed E-state index contributed by atoms with van der Waals surface area (Å²) < 4.78 is 0. The van der Waals surface area contributed by atoms with E-state index in [9.17, 15) is 9.59 Å². The molecule has 1 aliphatic rings. The van der Waals surface area contributed by atoms with Crippen molar-refractivity contribution in [2.45, 2.75) is 0 Å². The predicted molar refractivity (Wildman–Crippen MR) is 31.7 cm³/mol. The minimum absolute atomic E-state index is 0.0804. The van der Waals surface area contributed by atoms with Crippen molar-refractivity contribution in [3.05, 3.63) is 0 Å². The first-order chi connectivity index (χ1) is 4.66. The van der Waals surface area contributed by atoms with Crippen LogP contribution >= 0.6 is 0 Å². The molecule has 1 saturated heterocycles. The van der Waals surface area contributed by atoms with Gasteiger partial charge in [0, 0.05) is 7.05 Å². The van der Waals surface area contributed by atoms with E-state index < -0.39 is 5.92 Å². The molecular formula is C6H6N2O2. The maximum absolute atomic E-state index is 10.8. The van der Waals surface area contributed by atoms with Crippen molar-refractivity contribution in [3.63, 3.8) is 0 Å². The molecule has 4 nitrogen and oxygen atoms in total. The zero-order valence-corrected chi connectivity index (χ0v) is 5.50. The minimum atomic E-state index is -1.04. The molecular weight excluding hydrogens is 132 g/mol. The molecule has 1 aliphatic heterocycles. The predicted octanol–water partition coefficient (Wildman–Crippen LogP) is -0.833. The Labute approximate surface area is 58.0 Å². The number of hydrogen-bond donors (Lipinski definition) is 0.